The summed E-state index contributed by atoms with van der Waals surface area (Å²) in [7, 11) is 1.25. The first-order valence-corrected chi connectivity index (χ1v) is 2.93. The van der Waals surface area contributed by atoms with Gasteiger partial charge in [0.25, 0.3) is 0 Å². The lowest BCUT2D eigenvalue weighted by Crippen LogP contribution is -2.49. The minimum absolute atomic E-state index is 0.857. The molecule has 0 saturated heterocycles. The van der Waals surface area contributed by atoms with E-state index >= 15 is 0 Å². The van der Waals surface area contributed by atoms with Crippen LogP contribution in [0.2, 0.25) is 0 Å². The fourth-order valence-corrected chi connectivity index (χ4v) is 0.432. The van der Waals surface area contributed by atoms with Crippen LogP contribution < -0.4 is 10.6 Å². The second-order valence-electron chi connectivity index (χ2n) is 1.83. The third-order valence-electron chi connectivity index (χ3n) is 0.996. The summed E-state index contributed by atoms with van der Waals surface area (Å²) < 4.78 is 0. The van der Waals surface area contributed by atoms with Crippen LogP contribution in [0.15, 0.2) is 0 Å². The molecule has 0 atom stereocenters. The standard InChI is InChI=1S/C5H8N2O5/c1-6-5(12)7-2(3(8)9)4(10)11/h2H,1H3,(H,8,9)(H,10,11)(H2,6,7,12). The summed E-state index contributed by atoms with van der Waals surface area (Å²) >= 11 is 0. The number of amides is 2. The SMILES string of the molecule is CNC(=O)NC(C(=O)O)C(=O)O. The summed E-state index contributed by atoms with van der Waals surface area (Å²) in [5.74, 6) is -3.24. The quantitative estimate of drug-likeness (QED) is 0.388. The number of rotatable bonds is 3. The van der Waals surface area contributed by atoms with Crippen LogP contribution in [0, 0.1) is 0 Å². The summed E-state index contributed by atoms with van der Waals surface area (Å²) in [6.07, 6.45) is 0. The van der Waals surface area contributed by atoms with Gasteiger partial charge in [-0.25, -0.2) is 14.4 Å². The van der Waals surface area contributed by atoms with Crippen molar-refractivity contribution in [1.29, 1.82) is 0 Å². The van der Waals surface area contributed by atoms with E-state index in [9.17, 15) is 14.4 Å². The Morgan fingerprint density at radius 3 is 1.83 bits per heavy atom. The lowest BCUT2D eigenvalue weighted by Gasteiger charge is -2.08. The average Bonchev–Trinajstić information content (AvgIpc) is 1.98. The predicted octanol–water partition coefficient (Wildman–Crippen LogP) is -1.55. The lowest BCUT2D eigenvalue weighted by molar-refractivity contribution is -0.150. The smallest absolute Gasteiger partial charge is 0.338 e. The maximum absolute atomic E-state index is 10.5. The second kappa shape index (κ2) is 4.16. The summed E-state index contributed by atoms with van der Waals surface area (Å²) in [4.78, 5) is 30.8. The van der Waals surface area contributed by atoms with E-state index in [1.165, 1.54) is 7.05 Å². The van der Waals surface area contributed by atoms with Crippen LogP contribution in [-0.2, 0) is 9.59 Å². The van der Waals surface area contributed by atoms with E-state index in [-0.39, 0.29) is 0 Å². The third-order valence-corrected chi connectivity index (χ3v) is 0.996. The van der Waals surface area contributed by atoms with Crippen LogP contribution in [-0.4, -0.2) is 41.3 Å². The number of urea groups is 1. The molecule has 0 aliphatic carbocycles. The molecule has 7 heteroatoms. The highest BCUT2D eigenvalue weighted by atomic mass is 16.4. The first kappa shape index (κ1) is 10.2. The molecule has 0 bridgehead atoms. The summed E-state index contributed by atoms with van der Waals surface area (Å²) in [6, 6.07) is -2.77. The molecular formula is C5H8N2O5. The molecule has 0 unspecified atom stereocenters. The Labute approximate surface area is 67.4 Å². The highest BCUT2D eigenvalue weighted by molar-refractivity contribution is 6.00. The van der Waals surface area contributed by atoms with Crippen molar-refractivity contribution in [3.63, 3.8) is 0 Å². The van der Waals surface area contributed by atoms with Crippen LogP contribution in [0.1, 0.15) is 0 Å². The molecule has 0 rings (SSSR count). The largest absolute Gasteiger partial charge is 0.479 e. The highest BCUT2D eigenvalue weighted by Gasteiger charge is 2.26. The maximum Gasteiger partial charge on any atom is 0.338 e. The maximum atomic E-state index is 10.5. The van der Waals surface area contributed by atoms with Crippen molar-refractivity contribution in [1.82, 2.24) is 10.6 Å². The number of nitrogens with one attached hydrogen (secondary N) is 2. The van der Waals surface area contributed by atoms with Crippen LogP contribution in [0.25, 0.3) is 0 Å². The van der Waals surface area contributed by atoms with Crippen LogP contribution in [0.4, 0.5) is 4.79 Å². The Kier molecular flexibility index (Phi) is 3.54. The van der Waals surface area contributed by atoms with Gasteiger partial charge in [0.2, 0.25) is 6.04 Å². The molecule has 7 nitrogen and oxygen atoms in total. The monoisotopic (exact) mass is 176 g/mol. The van der Waals surface area contributed by atoms with Gasteiger partial charge in [-0.15, -0.1) is 0 Å². The molecule has 0 aromatic rings. The van der Waals surface area contributed by atoms with E-state index in [0.717, 1.165) is 0 Å². The third kappa shape index (κ3) is 2.86. The molecule has 4 N–H and O–H groups in total. The summed E-state index contributed by atoms with van der Waals surface area (Å²) in [6.45, 7) is 0. The van der Waals surface area contributed by atoms with Crippen molar-refractivity contribution in [2.75, 3.05) is 7.05 Å². The van der Waals surface area contributed by atoms with E-state index < -0.39 is 24.0 Å². The van der Waals surface area contributed by atoms with Crippen LogP contribution >= 0.6 is 0 Å². The molecular weight excluding hydrogens is 168 g/mol. The Balaban J connectivity index is 4.24. The van der Waals surface area contributed by atoms with Crippen molar-refractivity contribution in [3.05, 3.63) is 0 Å². The number of carboxylic acid groups (broad SMARTS) is 2. The van der Waals surface area contributed by atoms with E-state index in [2.05, 4.69) is 0 Å². The Bertz CT molecular complexity index is 200. The Morgan fingerprint density at radius 1 is 1.17 bits per heavy atom. The van der Waals surface area contributed by atoms with Gasteiger partial charge in [-0.3, -0.25) is 0 Å². The highest BCUT2D eigenvalue weighted by Crippen LogP contribution is 1.83. The molecule has 0 saturated carbocycles. The normalized spacial score (nSPS) is 9.17. The van der Waals surface area contributed by atoms with E-state index in [4.69, 9.17) is 10.2 Å². The molecule has 0 aliphatic heterocycles. The summed E-state index contributed by atoms with van der Waals surface area (Å²) in [5.41, 5.74) is 0. The molecule has 0 aromatic heterocycles. The first-order chi connectivity index (χ1) is 5.49. The Hall–Kier alpha value is -1.79. The molecule has 0 aromatic carbocycles. The van der Waals surface area contributed by atoms with Crippen molar-refractivity contribution in [2.24, 2.45) is 0 Å². The van der Waals surface area contributed by atoms with Crippen LogP contribution in [0.3, 0.4) is 0 Å². The zero-order valence-electron chi connectivity index (χ0n) is 6.20. The van der Waals surface area contributed by atoms with Gasteiger partial charge in [0.15, 0.2) is 0 Å². The first-order valence-electron chi connectivity index (χ1n) is 2.93. The van der Waals surface area contributed by atoms with E-state index in [0.29, 0.717) is 0 Å². The van der Waals surface area contributed by atoms with Gasteiger partial charge < -0.3 is 20.8 Å². The van der Waals surface area contributed by atoms with Crippen molar-refractivity contribution in [3.8, 4) is 0 Å². The molecule has 0 aliphatic rings. The molecule has 0 fully saturated rings. The average molecular weight is 176 g/mol. The number of hydrogen-bond donors (Lipinski definition) is 4. The molecule has 0 spiro atoms. The van der Waals surface area contributed by atoms with Gasteiger partial charge in [-0.2, -0.15) is 0 Å². The summed E-state index contributed by atoms with van der Waals surface area (Å²) in [5, 5.41) is 20.3. The van der Waals surface area contributed by atoms with Crippen molar-refractivity contribution in [2.45, 2.75) is 6.04 Å². The minimum Gasteiger partial charge on any atom is -0.479 e. The fourth-order valence-electron chi connectivity index (χ4n) is 0.432. The van der Waals surface area contributed by atoms with Gasteiger partial charge in [0, 0.05) is 7.05 Å². The van der Waals surface area contributed by atoms with E-state index in [1.54, 1.807) is 5.32 Å². The predicted molar refractivity (Wildman–Crippen MR) is 36.7 cm³/mol. The zero-order valence-corrected chi connectivity index (χ0v) is 6.20. The van der Waals surface area contributed by atoms with Gasteiger partial charge in [0.05, 0.1) is 0 Å². The molecule has 0 radical (unpaired) electrons. The van der Waals surface area contributed by atoms with Crippen molar-refractivity contribution >= 4 is 18.0 Å². The molecule has 12 heavy (non-hydrogen) atoms. The van der Waals surface area contributed by atoms with E-state index in [1.807, 2.05) is 5.32 Å². The van der Waals surface area contributed by atoms with Gasteiger partial charge >= 0.3 is 18.0 Å². The lowest BCUT2D eigenvalue weighted by atomic mass is 10.3. The molecule has 68 valence electrons. The van der Waals surface area contributed by atoms with Gasteiger partial charge in [-0.05, 0) is 0 Å². The number of carbonyl (C=O) groups is 3. The van der Waals surface area contributed by atoms with Crippen molar-refractivity contribution < 1.29 is 24.6 Å². The van der Waals surface area contributed by atoms with Gasteiger partial charge in [-0.1, -0.05) is 0 Å². The zero-order chi connectivity index (χ0) is 9.72. The van der Waals surface area contributed by atoms with Gasteiger partial charge in [0.1, 0.15) is 0 Å². The number of carbonyl (C=O) groups excluding carboxylic acids is 1. The second-order valence-corrected chi connectivity index (χ2v) is 1.83. The number of hydrogen-bond acceptors (Lipinski definition) is 3. The minimum atomic E-state index is -1.91. The topological polar surface area (TPSA) is 116 Å². The van der Waals surface area contributed by atoms with Crippen LogP contribution in [0.5, 0.6) is 0 Å². The fraction of sp³-hybridized carbons (Fsp3) is 0.400. The molecule has 0 heterocycles. The number of aliphatic carboxylic acids is 2. The molecule has 2 amide bonds. The number of carboxylic acids is 2. The Morgan fingerprint density at radius 2 is 1.58 bits per heavy atom.